The van der Waals surface area contributed by atoms with Crippen molar-refractivity contribution >= 4 is 62.5 Å². The first kappa shape index (κ1) is 35.6. The SMILES string of the molecule is COc1c2c(c(OC(C)=O)c3c4c(c(C)cc13)C1OC3(C5OCCCO5)OC1[C@@](OC(C)=O)(O4)[C@@]31CO1)C(=O)[C@@](C)([S+]([O-])c1ccccc1)C(NI)C2. The highest BCUT2D eigenvalue weighted by atomic mass is 127. The first-order valence-corrected chi connectivity index (χ1v) is 19.5. The standard InChI is InChI=1S/C37H36INO13S/c1-17-14-21-25(29-24(17)30-32-36(50-29,49-19(3)41)35(16-47-35)37(51-30,52-32)33-45-12-9-13-46-33)28(48-18(2)40)26-22(27(21)44-5)15-23(39-38)34(4,31(26)42)53(43)20-10-7-6-8-11-20/h6-8,10-11,14,23,30,32-33,39H,9,12-13,15-16H2,1-5H3/t23?,30?,32?,34-,35-,36+,37?,53?/m0/s1. The minimum atomic E-state index is -1.90. The Labute approximate surface area is 321 Å². The lowest BCUT2D eigenvalue weighted by Crippen LogP contribution is -2.71. The molecule has 4 fully saturated rings. The van der Waals surface area contributed by atoms with Crippen molar-refractivity contribution in [2.45, 2.75) is 91.9 Å². The molecule has 1 aliphatic carbocycles. The van der Waals surface area contributed by atoms with Gasteiger partial charge in [-0.3, -0.25) is 17.9 Å². The molecule has 5 heterocycles. The molecule has 1 spiro atoms. The molecule has 4 saturated heterocycles. The topological polar surface area (TPSA) is 173 Å². The summed E-state index contributed by atoms with van der Waals surface area (Å²) in [6.07, 6.45) is -2.07. The highest BCUT2D eigenvalue weighted by Crippen LogP contribution is 2.72. The summed E-state index contributed by atoms with van der Waals surface area (Å²) in [5.41, 5.74) is 0.217. The van der Waals surface area contributed by atoms with Gasteiger partial charge in [-0.1, -0.05) is 18.2 Å². The summed E-state index contributed by atoms with van der Waals surface area (Å²) in [6, 6.07) is 9.98. The minimum Gasteiger partial charge on any atom is -0.611 e. The summed E-state index contributed by atoms with van der Waals surface area (Å²) in [4.78, 5) is 41.7. The first-order chi connectivity index (χ1) is 25.4. The Kier molecular flexibility index (Phi) is 8.21. The fraction of sp³-hybridized carbons (Fsp3) is 0.486. The lowest BCUT2D eigenvalue weighted by atomic mass is 9.75. The molecule has 5 unspecified atom stereocenters. The van der Waals surface area contributed by atoms with Crippen LogP contribution in [0, 0.1) is 6.92 Å². The molecule has 53 heavy (non-hydrogen) atoms. The molecule has 280 valence electrons. The number of epoxide rings is 1. The van der Waals surface area contributed by atoms with Gasteiger partial charge in [0.15, 0.2) is 16.7 Å². The second-order valence-corrected chi connectivity index (χ2v) is 16.7. The van der Waals surface area contributed by atoms with Gasteiger partial charge in [0.25, 0.3) is 5.79 Å². The number of rotatable bonds is 7. The number of carbonyl (C=O) groups is 3. The number of hydrogen-bond acceptors (Lipinski definition) is 14. The first-order valence-electron chi connectivity index (χ1n) is 17.3. The van der Waals surface area contributed by atoms with E-state index in [1.807, 2.05) is 35.9 Å². The van der Waals surface area contributed by atoms with Crippen LogP contribution in [0.5, 0.6) is 17.2 Å². The number of fused-ring (bicyclic) bond motifs is 8. The fourth-order valence-corrected chi connectivity index (χ4v) is 11.5. The maximum Gasteiger partial charge on any atom is 0.320 e. The van der Waals surface area contributed by atoms with Crippen molar-refractivity contribution in [3.8, 4) is 17.2 Å². The monoisotopic (exact) mass is 861 g/mol. The van der Waals surface area contributed by atoms with Crippen molar-refractivity contribution in [3.63, 3.8) is 0 Å². The Hall–Kier alpha value is -3.07. The van der Waals surface area contributed by atoms with Gasteiger partial charge in [0.2, 0.25) is 22.4 Å². The molecular weight excluding hydrogens is 825 g/mol. The van der Waals surface area contributed by atoms with Gasteiger partial charge in [0.1, 0.15) is 17.6 Å². The van der Waals surface area contributed by atoms with E-state index in [2.05, 4.69) is 3.53 Å². The number of esters is 2. The number of halogens is 1. The van der Waals surface area contributed by atoms with E-state index in [1.54, 1.807) is 37.3 Å². The van der Waals surface area contributed by atoms with Crippen LogP contribution in [0.25, 0.3) is 10.8 Å². The zero-order valence-electron chi connectivity index (χ0n) is 29.4. The Morgan fingerprint density at radius 2 is 1.79 bits per heavy atom. The van der Waals surface area contributed by atoms with Crippen LogP contribution < -0.4 is 17.7 Å². The molecule has 16 heteroatoms. The van der Waals surface area contributed by atoms with E-state index in [1.165, 1.54) is 21.0 Å². The van der Waals surface area contributed by atoms with Gasteiger partial charge in [-0.25, -0.2) is 0 Å². The molecule has 9 rings (SSSR count). The summed E-state index contributed by atoms with van der Waals surface area (Å²) >= 11 is 0.114. The Balaban J connectivity index is 1.32. The molecule has 8 atom stereocenters. The Morgan fingerprint density at radius 1 is 1.08 bits per heavy atom. The van der Waals surface area contributed by atoms with Crippen molar-refractivity contribution < 1.29 is 61.6 Å². The number of methoxy groups -OCH3 is 1. The van der Waals surface area contributed by atoms with Gasteiger partial charge in [-0.15, -0.1) is 0 Å². The van der Waals surface area contributed by atoms with Crippen LogP contribution in [0.15, 0.2) is 41.3 Å². The van der Waals surface area contributed by atoms with Crippen molar-refractivity contribution in [1.29, 1.82) is 0 Å². The van der Waals surface area contributed by atoms with Gasteiger partial charge in [0, 0.05) is 64.4 Å². The number of aryl methyl sites for hydroxylation is 1. The molecule has 3 aromatic rings. The summed E-state index contributed by atoms with van der Waals surface area (Å²) in [5, 5.41) is 0.676. The lowest BCUT2D eigenvalue weighted by Gasteiger charge is -2.49. The quantitative estimate of drug-likeness (QED) is 0.0901. The van der Waals surface area contributed by atoms with E-state index in [9.17, 15) is 14.1 Å². The van der Waals surface area contributed by atoms with E-state index in [0.717, 1.165) is 0 Å². The number of Topliss-reactive ketones (excluding diaryl/α,β-unsaturated/α-hetero) is 1. The molecule has 2 bridgehead atoms. The lowest BCUT2D eigenvalue weighted by molar-refractivity contribution is -0.363. The molecule has 0 amide bonds. The zero-order chi connectivity index (χ0) is 37.2. The summed E-state index contributed by atoms with van der Waals surface area (Å²) in [7, 11) is 1.49. The molecule has 0 radical (unpaired) electrons. The van der Waals surface area contributed by atoms with E-state index < -0.39 is 75.4 Å². The average Bonchev–Trinajstić information content (AvgIpc) is 3.81. The Morgan fingerprint density at radius 3 is 2.42 bits per heavy atom. The highest BCUT2D eigenvalue weighted by Gasteiger charge is 2.94. The summed E-state index contributed by atoms with van der Waals surface area (Å²) in [6.45, 7) is 6.80. The average molecular weight is 862 g/mol. The predicted octanol–water partition coefficient (Wildman–Crippen LogP) is 4.05. The molecule has 14 nitrogen and oxygen atoms in total. The minimum absolute atomic E-state index is 0.0220. The molecule has 6 aliphatic rings. The number of nitrogens with one attached hydrogen (secondary N) is 1. The number of ether oxygens (including phenoxy) is 9. The van der Waals surface area contributed by atoms with Gasteiger partial charge in [0.05, 0.1) is 43.9 Å². The molecule has 3 aromatic carbocycles. The molecule has 1 N–H and O–H groups in total. The normalized spacial score (nSPS) is 34.3. The van der Waals surface area contributed by atoms with Crippen LogP contribution >= 0.6 is 22.9 Å². The maximum atomic E-state index is 15.2. The second-order valence-electron chi connectivity index (χ2n) is 14.2. The fourth-order valence-electron chi connectivity index (χ4n) is 8.90. The van der Waals surface area contributed by atoms with E-state index in [4.69, 9.17) is 42.6 Å². The number of benzene rings is 3. The third-order valence-electron chi connectivity index (χ3n) is 11.3. The van der Waals surface area contributed by atoms with Crippen LogP contribution in [0.2, 0.25) is 0 Å². The molecule has 0 aromatic heterocycles. The largest absolute Gasteiger partial charge is 0.611 e. The highest BCUT2D eigenvalue weighted by molar-refractivity contribution is 14.1. The van der Waals surface area contributed by atoms with Crippen LogP contribution in [-0.2, 0) is 55.6 Å². The van der Waals surface area contributed by atoms with Crippen LogP contribution in [0.1, 0.15) is 60.3 Å². The number of ketones is 1. The van der Waals surface area contributed by atoms with Crippen molar-refractivity contribution in [2.24, 2.45) is 0 Å². The van der Waals surface area contributed by atoms with Crippen molar-refractivity contribution in [1.82, 2.24) is 3.53 Å². The molecule has 0 saturated carbocycles. The molecular formula is C37H36INO13S. The van der Waals surface area contributed by atoms with E-state index in [-0.39, 0.29) is 35.5 Å². The smallest absolute Gasteiger partial charge is 0.320 e. The zero-order valence-corrected chi connectivity index (χ0v) is 32.4. The van der Waals surface area contributed by atoms with Gasteiger partial charge in [-0.05, 0) is 50.5 Å². The van der Waals surface area contributed by atoms with Crippen LogP contribution in [-0.4, -0.2) is 89.6 Å². The van der Waals surface area contributed by atoms with Crippen LogP contribution in [0.4, 0.5) is 0 Å². The third-order valence-corrected chi connectivity index (χ3v) is 14.0. The molecule has 5 aliphatic heterocycles. The van der Waals surface area contributed by atoms with E-state index in [0.29, 0.717) is 52.4 Å². The van der Waals surface area contributed by atoms with Gasteiger partial charge >= 0.3 is 17.7 Å². The maximum absolute atomic E-state index is 15.2. The number of hydrogen-bond donors (Lipinski definition) is 1. The predicted molar refractivity (Wildman–Crippen MR) is 192 cm³/mol. The van der Waals surface area contributed by atoms with Gasteiger partial charge < -0.3 is 47.2 Å². The summed E-state index contributed by atoms with van der Waals surface area (Å²) in [5.74, 6) is -5.08. The summed E-state index contributed by atoms with van der Waals surface area (Å²) < 4.78 is 73.1. The van der Waals surface area contributed by atoms with Gasteiger partial charge in [-0.2, -0.15) is 0 Å². The van der Waals surface area contributed by atoms with E-state index >= 15 is 4.79 Å². The van der Waals surface area contributed by atoms with Crippen molar-refractivity contribution in [2.75, 3.05) is 26.9 Å². The van der Waals surface area contributed by atoms with Crippen LogP contribution in [0.3, 0.4) is 0 Å². The number of carbonyl (C=O) groups excluding carboxylic acids is 3. The Bertz CT molecular complexity index is 2090. The van der Waals surface area contributed by atoms with Crippen molar-refractivity contribution in [3.05, 3.63) is 58.7 Å². The second kappa shape index (κ2) is 12.2. The third kappa shape index (κ3) is 4.55.